The number of carbonyl (C=O) groups excluding carboxylic acids is 1. The van der Waals surface area contributed by atoms with Crippen LogP contribution in [0.2, 0.25) is 0 Å². The summed E-state index contributed by atoms with van der Waals surface area (Å²) in [5.41, 5.74) is 2.53. The molecule has 140 valence electrons. The van der Waals surface area contributed by atoms with Crippen molar-refractivity contribution in [2.24, 2.45) is 5.92 Å². The lowest BCUT2D eigenvalue weighted by atomic mass is 9.97. The number of rotatable bonds is 5. The third-order valence-corrected chi connectivity index (χ3v) is 4.94. The summed E-state index contributed by atoms with van der Waals surface area (Å²) in [4.78, 5) is 30.5. The number of hydrogen-bond acceptors (Lipinski definition) is 6. The zero-order valence-electron chi connectivity index (χ0n) is 14.9. The number of nitrogens with zero attached hydrogens (tertiary/aromatic N) is 4. The van der Waals surface area contributed by atoms with Crippen molar-refractivity contribution < 1.29 is 9.90 Å². The molecule has 0 spiro atoms. The van der Waals surface area contributed by atoms with E-state index in [1.807, 2.05) is 12.1 Å². The molecule has 1 amide bonds. The molecule has 0 saturated carbocycles. The fourth-order valence-electron chi connectivity index (χ4n) is 3.51. The van der Waals surface area contributed by atoms with E-state index in [1.54, 1.807) is 18.5 Å². The molecule has 1 saturated heterocycles. The Morgan fingerprint density at radius 1 is 1.26 bits per heavy atom. The number of anilines is 1. The lowest BCUT2D eigenvalue weighted by Crippen LogP contribution is -2.43. The van der Waals surface area contributed by atoms with Gasteiger partial charge in [0.05, 0.1) is 12.2 Å². The SMILES string of the molecule is O=C(NCCc1ccc(O)cc1)C1CCCN(c2ncnc3nc[nH]c23)C1. The molecule has 8 nitrogen and oxygen atoms in total. The number of phenols is 1. The van der Waals surface area contributed by atoms with Crippen LogP contribution < -0.4 is 10.2 Å². The quantitative estimate of drug-likeness (QED) is 0.634. The van der Waals surface area contributed by atoms with Crippen molar-refractivity contribution in [2.75, 3.05) is 24.5 Å². The maximum Gasteiger partial charge on any atom is 0.224 e. The number of aromatic hydroxyl groups is 1. The van der Waals surface area contributed by atoms with E-state index in [2.05, 4.69) is 30.2 Å². The van der Waals surface area contributed by atoms with Crippen LogP contribution in [-0.2, 0) is 11.2 Å². The Bertz CT molecular complexity index is 923. The minimum absolute atomic E-state index is 0.0634. The summed E-state index contributed by atoms with van der Waals surface area (Å²) < 4.78 is 0. The van der Waals surface area contributed by atoms with Crippen molar-refractivity contribution >= 4 is 22.9 Å². The van der Waals surface area contributed by atoms with Crippen molar-refractivity contribution in [1.29, 1.82) is 0 Å². The predicted molar refractivity (Wildman–Crippen MR) is 101 cm³/mol. The predicted octanol–water partition coefficient (Wildman–Crippen LogP) is 1.63. The third kappa shape index (κ3) is 3.84. The number of fused-ring (bicyclic) bond motifs is 1. The van der Waals surface area contributed by atoms with E-state index in [0.29, 0.717) is 18.7 Å². The van der Waals surface area contributed by atoms with Gasteiger partial charge in [-0.3, -0.25) is 4.79 Å². The lowest BCUT2D eigenvalue weighted by molar-refractivity contribution is -0.125. The van der Waals surface area contributed by atoms with Gasteiger partial charge in [-0.1, -0.05) is 12.1 Å². The van der Waals surface area contributed by atoms with E-state index in [0.717, 1.165) is 42.7 Å². The summed E-state index contributed by atoms with van der Waals surface area (Å²) in [6.07, 6.45) is 5.68. The zero-order chi connectivity index (χ0) is 18.6. The third-order valence-electron chi connectivity index (χ3n) is 4.94. The van der Waals surface area contributed by atoms with Crippen LogP contribution >= 0.6 is 0 Å². The zero-order valence-corrected chi connectivity index (χ0v) is 14.9. The number of nitrogens with one attached hydrogen (secondary N) is 2. The summed E-state index contributed by atoms with van der Waals surface area (Å²) >= 11 is 0. The number of imidazole rings is 1. The fourth-order valence-corrected chi connectivity index (χ4v) is 3.51. The van der Waals surface area contributed by atoms with Crippen molar-refractivity contribution in [1.82, 2.24) is 25.3 Å². The van der Waals surface area contributed by atoms with Gasteiger partial charge in [0.1, 0.15) is 17.6 Å². The fraction of sp³-hybridized carbons (Fsp3) is 0.368. The summed E-state index contributed by atoms with van der Waals surface area (Å²) in [7, 11) is 0. The van der Waals surface area contributed by atoms with Crippen molar-refractivity contribution in [2.45, 2.75) is 19.3 Å². The van der Waals surface area contributed by atoms with Gasteiger partial charge in [0.2, 0.25) is 5.91 Å². The number of aromatic nitrogens is 4. The Morgan fingerprint density at radius 3 is 2.96 bits per heavy atom. The molecule has 0 radical (unpaired) electrons. The second-order valence-electron chi connectivity index (χ2n) is 6.79. The summed E-state index contributed by atoms with van der Waals surface area (Å²) in [5.74, 6) is 1.07. The smallest absolute Gasteiger partial charge is 0.224 e. The Hall–Kier alpha value is -3.16. The molecule has 8 heteroatoms. The van der Waals surface area contributed by atoms with Crippen molar-refractivity contribution in [3.8, 4) is 5.75 Å². The Labute approximate surface area is 156 Å². The van der Waals surface area contributed by atoms with Crippen molar-refractivity contribution in [3.05, 3.63) is 42.5 Å². The van der Waals surface area contributed by atoms with Gasteiger partial charge < -0.3 is 20.3 Å². The van der Waals surface area contributed by atoms with Crippen LogP contribution in [0.3, 0.4) is 0 Å². The van der Waals surface area contributed by atoms with E-state index < -0.39 is 0 Å². The van der Waals surface area contributed by atoms with E-state index in [9.17, 15) is 9.90 Å². The molecule has 1 aromatic carbocycles. The highest BCUT2D eigenvalue weighted by atomic mass is 16.3. The molecule has 1 aliphatic rings. The number of carbonyl (C=O) groups is 1. The standard InChI is InChI=1S/C19H22N6O2/c26-15-5-3-13(4-6-15)7-8-20-19(27)14-2-1-9-25(10-14)18-16-17(22-11-21-16)23-12-24-18/h3-6,11-12,14,26H,1-2,7-10H2,(H,20,27)(H,21,22,23,24). The largest absolute Gasteiger partial charge is 0.508 e. The monoisotopic (exact) mass is 366 g/mol. The molecule has 1 unspecified atom stereocenters. The molecule has 27 heavy (non-hydrogen) atoms. The molecular weight excluding hydrogens is 344 g/mol. The minimum Gasteiger partial charge on any atom is -0.508 e. The average Bonchev–Trinajstić information content (AvgIpc) is 3.18. The van der Waals surface area contributed by atoms with Crippen LogP contribution in [-0.4, -0.2) is 50.6 Å². The number of piperidine rings is 1. The minimum atomic E-state index is -0.0634. The summed E-state index contributed by atoms with van der Waals surface area (Å²) in [5, 5.41) is 12.4. The molecular formula is C19H22N6O2. The molecule has 3 aromatic rings. The number of phenolic OH excluding ortho intramolecular Hbond substituents is 1. The van der Waals surface area contributed by atoms with Gasteiger partial charge >= 0.3 is 0 Å². The lowest BCUT2D eigenvalue weighted by Gasteiger charge is -2.32. The summed E-state index contributed by atoms with van der Waals surface area (Å²) in [6.45, 7) is 2.08. The normalized spacial score (nSPS) is 17.2. The Morgan fingerprint density at radius 2 is 2.11 bits per heavy atom. The van der Waals surface area contributed by atoms with Gasteiger partial charge in [-0.15, -0.1) is 0 Å². The molecule has 1 fully saturated rings. The van der Waals surface area contributed by atoms with Crippen LogP contribution in [0, 0.1) is 5.92 Å². The topological polar surface area (TPSA) is 107 Å². The van der Waals surface area contributed by atoms with E-state index in [4.69, 9.17) is 0 Å². The molecule has 3 N–H and O–H groups in total. The molecule has 2 aromatic heterocycles. The van der Waals surface area contributed by atoms with E-state index in [1.165, 1.54) is 6.33 Å². The van der Waals surface area contributed by atoms with Crippen LogP contribution in [0.5, 0.6) is 5.75 Å². The second kappa shape index (κ2) is 7.61. The first-order valence-electron chi connectivity index (χ1n) is 9.15. The van der Waals surface area contributed by atoms with Gasteiger partial charge in [-0.05, 0) is 37.0 Å². The van der Waals surface area contributed by atoms with Gasteiger partial charge in [0.15, 0.2) is 11.5 Å². The summed E-state index contributed by atoms with van der Waals surface area (Å²) in [6, 6.07) is 7.06. The first-order chi connectivity index (χ1) is 13.2. The second-order valence-corrected chi connectivity index (χ2v) is 6.79. The van der Waals surface area contributed by atoms with Gasteiger partial charge in [0, 0.05) is 19.6 Å². The first kappa shape index (κ1) is 17.3. The molecule has 0 bridgehead atoms. The van der Waals surface area contributed by atoms with Gasteiger partial charge in [-0.25, -0.2) is 15.0 Å². The molecule has 4 rings (SSSR count). The molecule has 1 atom stereocenters. The number of amides is 1. The highest BCUT2D eigenvalue weighted by molar-refractivity contribution is 5.84. The number of benzene rings is 1. The molecule has 1 aliphatic heterocycles. The first-order valence-corrected chi connectivity index (χ1v) is 9.15. The van der Waals surface area contributed by atoms with Crippen LogP contribution in [0.15, 0.2) is 36.9 Å². The maximum absolute atomic E-state index is 12.6. The van der Waals surface area contributed by atoms with E-state index >= 15 is 0 Å². The highest BCUT2D eigenvalue weighted by Gasteiger charge is 2.27. The van der Waals surface area contributed by atoms with Crippen molar-refractivity contribution in [3.63, 3.8) is 0 Å². The maximum atomic E-state index is 12.6. The Balaban J connectivity index is 1.35. The molecule has 3 heterocycles. The number of aromatic amines is 1. The van der Waals surface area contributed by atoms with Crippen LogP contribution in [0.4, 0.5) is 5.82 Å². The molecule has 0 aliphatic carbocycles. The Kier molecular flexibility index (Phi) is 4.86. The van der Waals surface area contributed by atoms with Crippen LogP contribution in [0.1, 0.15) is 18.4 Å². The van der Waals surface area contributed by atoms with Gasteiger partial charge in [0.25, 0.3) is 0 Å². The van der Waals surface area contributed by atoms with Crippen LogP contribution in [0.25, 0.3) is 11.2 Å². The van der Waals surface area contributed by atoms with E-state index in [-0.39, 0.29) is 17.6 Å². The number of H-pyrrole nitrogens is 1. The van der Waals surface area contributed by atoms with Gasteiger partial charge in [-0.2, -0.15) is 0 Å². The number of hydrogen-bond donors (Lipinski definition) is 3. The average molecular weight is 366 g/mol. The highest BCUT2D eigenvalue weighted by Crippen LogP contribution is 2.25.